The highest BCUT2D eigenvalue weighted by Crippen LogP contribution is 2.10. The number of aryl methyl sites for hydroxylation is 1. The van der Waals surface area contributed by atoms with Crippen molar-refractivity contribution in [1.82, 2.24) is 10.3 Å². The van der Waals surface area contributed by atoms with Gasteiger partial charge in [-0.3, -0.25) is 9.78 Å². The van der Waals surface area contributed by atoms with Crippen molar-refractivity contribution < 1.29 is 4.79 Å². The summed E-state index contributed by atoms with van der Waals surface area (Å²) in [5.41, 5.74) is 2.01. The van der Waals surface area contributed by atoms with Crippen molar-refractivity contribution in [3.63, 3.8) is 0 Å². The predicted molar refractivity (Wildman–Crippen MR) is 51.2 cm³/mol. The van der Waals surface area contributed by atoms with Crippen molar-refractivity contribution >= 4 is 5.91 Å². The summed E-state index contributed by atoms with van der Waals surface area (Å²) in [5, 5.41) is 2.80. The molecular weight excluding hydrogens is 164 g/mol. The summed E-state index contributed by atoms with van der Waals surface area (Å²) in [6, 6.07) is 3.95. The van der Waals surface area contributed by atoms with E-state index in [4.69, 9.17) is 0 Å². The Hall–Kier alpha value is -1.38. The normalized spacial score (nSPS) is 12.2. The number of hydrogen-bond acceptors (Lipinski definition) is 2. The van der Waals surface area contributed by atoms with Crippen LogP contribution in [0.2, 0.25) is 0 Å². The van der Waals surface area contributed by atoms with Crippen molar-refractivity contribution in [3.05, 3.63) is 29.6 Å². The molecule has 0 radical (unpaired) electrons. The van der Waals surface area contributed by atoms with E-state index in [1.165, 1.54) is 6.92 Å². The van der Waals surface area contributed by atoms with Crippen LogP contribution in [-0.2, 0) is 4.79 Å². The monoisotopic (exact) mass is 178 g/mol. The molecule has 0 fully saturated rings. The lowest BCUT2D eigenvalue weighted by Crippen LogP contribution is -2.23. The van der Waals surface area contributed by atoms with Gasteiger partial charge in [-0.15, -0.1) is 0 Å². The molecule has 3 nitrogen and oxygen atoms in total. The summed E-state index contributed by atoms with van der Waals surface area (Å²) >= 11 is 0. The summed E-state index contributed by atoms with van der Waals surface area (Å²) in [6.45, 7) is 5.39. The third-order valence-electron chi connectivity index (χ3n) is 1.85. The fourth-order valence-corrected chi connectivity index (χ4v) is 1.12. The number of amides is 1. The number of hydrogen-bond donors (Lipinski definition) is 1. The molecule has 0 bridgehead atoms. The summed E-state index contributed by atoms with van der Waals surface area (Å²) in [4.78, 5) is 14.9. The molecule has 1 atom stereocenters. The zero-order valence-electron chi connectivity index (χ0n) is 8.16. The molecule has 1 unspecified atom stereocenters. The standard InChI is InChI=1S/C10H14N2O/c1-7-4-5-10(6-11-7)8(2)12-9(3)13/h4-6,8H,1-3H3,(H,12,13). The van der Waals surface area contributed by atoms with Crippen LogP contribution < -0.4 is 5.32 Å². The zero-order valence-corrected chi connectivity index (χ0v) is 8.16. The highest BCUT2D eigenvalue weighted by atomic mass is 16.1. The lowest BCUT2D eigenvalue weighted by Gasteiger charge is -2.11. The molecule has 1 aromatic heterocycles. The topological polar surface area (TPSA) is 42.0 Å². The summed E-state index contributed by atoms with van der Waals surface area (Å²) in [5.74, 6) is -0.0203. The Balaban J connectivity index is 2.71. The Kier molecular flexibility index (Phi) is 3.01. The molecule has 1 rings (SSSR count). The minimum Gasteiger partial charge on any atom is -0.350 e. The summed E-state index contributed by atoms with van der Waals surface area (Å²) < 4.78 is 0. The fraction of sp³-hybridized carbons (Fsp3) is 0.400. The summed E-state index contributed by atoms with van der Waals surface area (Å²) in [6.07, 6.45) is 1.79. The van der Waals surface area contributed by atoms with E-state index in [0.29, 0.717) is 0 Å². The Morgan fingerprint density at radius 1 is 1.54 bits per heavy atom. The minimum atomic E-state index is -0.0203. The Bertz CT molecular complexity index is 292. The van der Waals surface area contributed by atoms with Gasteiger partial charge in [0.15, 0.2) is 0 Å². The molecule has 70 valence electrons. The minimum absolute atomic E-state index is 0.0203. The molecule has 1 aromatic rings. The van der Waals surface area contributed by atoms with Gasteiger partial charge in [0.1, 0.15) is 0 Å². The third-order valence-corrected chi connectivity index (χ3v) is 1.85. The second kappa shape index (κ2) is 4.03. The van der Waals surface area contributed by atoms with E-state index in [1.54, 1.807) is 6.20 Å². The first-order chi connectivity index (χ1) is 6.09. The molecule has 1 heterocycles. The second-order valence-corrected chi connectivity index (χ2v) is 3.16. The highest BCUT2D eigenvalue weighted by molar-refractivity contribution is 5.73. The summed E-state index contributed by atoms with van der Waals surface area (Å²) in [7, 11) is 0. The van der Waals surface area contributed by atoms with E-state index < -0.39 is 0 Å². The first-order valence-electron chi connectivity index (χ1n) is 4.29. The van der Waals surface area contributed by atoms with Crippen LogP contribution in [0.4, 0.5) is 0 Å². The van der Waals surface area contributed by atoms with Crippen LogP contribution in [0.1, 0.15) is 31.1 Å². The van der Waals surface area contributed by atoms with Gasteiger partial charge < -0.3 is 5.32 Å². The van der Waals surface area contributed by atoms with Crippen LogP contribution in [0, 0.1) is 6.92 Å². The van der Waals surface area contributed by atoms with Gasteiger partial charge in [0.05, 0.1) is 6.04 Å². The number of nitrogens with one attached hydrogen (secondary N) is 1. The van der Waals surface area contributed by atoms with Gasteiger partial charge >= 0.3 is 0 Å². The van der Waals surface area contributed by atoms with Crippen molar-refractivity contribution in [2.45, 2.75) is 26.8 Å². The lowest BCUT2D eigenvalue weighted by molar-refractivity contribution is -0.119. The number of aromatic nitrogens is 1. The highest BCUT2D eigenvalue weighted by Gasteiger charge is 2.05. The van der Waals surface area contributed by atoms with Crippen molar-refractivity contribution in [1.29, 1.82) is 0 Å². The van der Waals surface area contributed by atoms with E-state index in [2.05, 4.69) is 10.3 Å². The van der Waals surface area contributed by atoms with E-state index in [1.807, 2.05) is 26.0 Å². The van der Waals surface area contributed by atoms with Gasteiger partial charge in [0, 0.05) is 18.8 Å². The Labute approximate surface area is 78.2 Å². The molecule has 0 saturated carbocycles. The van der Waals surface area contributed by atoms with Gasteiger partial charge in [0.25, 0.3) is 0 Å². The molecule has 13 heavy (non-hydrogen) atoms. The van der Waals surface area contributed by atoms with Crippen LogP contribution in [-0.4, -0.2) is 10.9 Å². The number of rotatable bonds is 2. The van der Waals surface area contributed by atoms with E-state index in [9.17, 15) is 4.79 Å². The van der Waals surface area contributed by atoms with Crippen LogP contribution in [0.5, 0.6) is 0 Å². The predicted octanol–water partition coefficient (Wildman–Crippen LogP) is 1.59. The van der Waals surface area contributed by atoms with Gasteiger partial charge in [0.2, 0.25) is 5.91 Å². The van der Waals surface area contributed by atoms with Gasteiger partial charge in [-0.2, -0.15) is 0 Å². The quantitative estimate of drug-likeness (QED) is 0.747. The molecule has 0 spiro atoms. The third kappa shape index (κ3) is 2.86. The first-order valence-corrected chi connectivity index (χ1v) is 4.29. The average molecular weight is 178 g/mol. The number of carbonyl (C=O) groups excluding carboxylic acids is 1. The van der Waals surface area contributed by atoms with E-state index in [-0.39, 0.29) is 11.9 Å². The molecule has 1 N–H and O–H groups in total. The maximum Gasteiger partial charge on any atom is 0.217 e. The molecular formula is C10H14N2O. The number of nitrogens with zero attached hydrogens (tertiary/aromatic N) is 1. The van der Waals surface area contributed by atoms with Gasteiger partial charge in [-0.1, -0.05) is 6.07 Å². The van der Waals surface area contributed by atoms with Crippen molar-refractivity contribution in [2.75, 3.05) is 0 Å². The number of pyridine rings is 1. The molecule has 0 aromatic carbocycles. The zero-order chi connectivity index (χ0) is 9.84. The van der Waals surface area contributed by atoms with E-state index >= 15 is 0 Å². The Morgan fingerprint density at radius 2 is 2.23 bits per heavy atom. The molecule has 0 aliphatic rings. The van der Waals surface area contributed by atoms with Gasteiger partial charge in [-0.05, 0) is 25.5 Å². The van der Waals surface area contributed by atoms with Crippen LogP contribution in [0.15, 0.2) is 18.3 Å². The second-order valence-electron chi connectivity index (χ2n) is 3.16. The van der Waals surface area contributed by atoms with Crippen LogP contribution in [0.25, 0.3) is 0 Å². The largest absolute Gasteiger partial charge is 0.350 e. The fourth-order valence-electron chi connectivity index (χ4n) is 1.12. The van der Waals surface area contributed by atoms with Gasteiger partial charge in [-0.25, -0.2) is 0 Å². The Morgan fingerprint density at radius 3 is 2.69 bits per heavy atom. The molecule has 1 amide bonds. The first kappa shape index (κ1) is 9.71. The number of carbonyl (C=O) groups is 1. The van der Waals surface area contributed by atoms with Crippen molar-refractivity contribution in [2.24, 2.45) is 0 Å². The molecule has 0 saturated heterocycles. The van der Waals surface area contributed by atoms with Crippen molar-refractivity contribution in [3.8, 4) is 0 Å². The molecule has 0 aliphatic heterocycles. The molecule has 0 aliphatic carbocycles. The maximum atomic E-state index is 10.8. The van der Waals surface area contributed by atoms with Crippen LogP contribution >= 0.6 is 0 Å². The SMILES string of the molecule is CC(=O)NC(C)c1ccc(C)nc1. The average Bonchev–Trinajstić information content (AvgIpc) is 2.04. The maximum absolute atomic E-state index is 10.8. The van der Waals surface area contributed by atoms with Crippen LogP contribution in [0.3, 0.4) is 0 Å². The smallest absolute Gasteiger partial charge is 0.217 e. The van der Waals surface area contributed by atoms with E-state index in [0.717, 1.165) is 11.3 Å². The molecule has 3 heteroatoms. The lowest BCUT2D eigenvalue weighted by atomic mass is 10.1.